The number of benzene rings is 3. The van der Waals surface area contributed by atoms with E-state index < -0.39 is 10.0 Å². The van der Waals surface area contributed by atoms with Gasteiger partial charge in [0.1, 0.15) is 24.7 Å². The number of carbonyl (C=O) groups excluding carboxylic acids is 1. The van der Waals surface area contributed by atoms with Gasteiger partial charge in [0.25, 0.3) is 0 Å². The molecule has 0 bridgehead atoms. The van der Waals surface area contributed by atoms with Gasteiger partial charge >= 0.3 is 6.09 Å². The van der Waals surface area contributed by atoms with Gasteiger partial charge in [-0.15, -0.1) is 24.8 Å². The Morgan fingerprint density at radius 3 is 2.09 bits per heavy atom. The topological polar surface area (TPSA) is 115 Å². The second kappa shape index (κ2) is 18.0. The number of sulfonamides is 1. The standard InChI is InChI=1S/C31H40N4O6S.2ClH/c1-33(42(37,38)30-14-12-29(13-15-30)40-21-16-32)27(22-25-8-10-28(39-2)11-9-25)23-34-17-19-35(20-18-34)31(36)41-24-26-6-4-3-5-7-26;;/h3-15,27H,16-24,32H2,1-2H3;2*1H. The van der Waals surface area contributed by atoms with E-state index in [1.54, 1.807) is 43.3 Å². The molecule has 3 aromatic rings. The first-order chi connectivity index (χ1) is 20.3. The number of hydrogen-bond donors (Lipinski definition) is 1. The molecular formula is C31H42Cl2N4O6S. The minimum atomic E-state index is -3.80. The minimum absolute atomic E-state index is 0. The zero-order valence-corrected chi connectivity index (χ0v) is 27.5. The number of amides is 1. The molecule has 1 unspecified atom stereocenters. The second-order valence-corrected chi connectivity index (χ2v) is 12.2. The highest BCUT2D eigenvalue weighted by Gasteiger charge is 2.31. The van der Waals surface area contributed by atoms with Crippen molar-refractivity contribution in [3.8, 4) is 11.5 Å². The molecule has 0 spiro atoms. The van der Waals surface area contributed by atoms with Gasteiger partial charge < -0.3 is 24.8 Å². The molecule has 1 fully saturated rings. The summed E-state index contributed by atoms with van der Waals surface area (Å²) in [7, 11) is -0.563. The summed E-state index contributed by atoms with van der Waals surface area (Å²) < 4.78 is 45.2. The number of piperazine rings is 1. The maximum Gasteiger partial charge on any atom is 0.410 e. The number of methoxy groups -OCH3 is 1. The molecule has 3 aromatic carbocycles. The summed E-state index contributed by atoms with van der Waals surface area (Å²) in [5, 5.41) is 0. The third-order valence-electron chi connectivity index (χ3n) is 7.34. The van der Waals surface area contributed by atoms with Crippen LogP contribution in [-0.4, -0.2) is 94.7 Å². The van der Waals surface area contributed by atoms with E-state index in [4.69, 9.17) is 19.9 Å². The number of nitrogens with zero attached hydrogens (tertiary/aromatic N) is 3. The third-order valence-corrected chi connectivity index (χ3v) is 9.26. The quantitative estimate of drug-likeness (QED) is 0.290. The molecule has 0 saturated carbocycles. The van der Waals surface area contributed by atoms with Crippen LogP contribution < -0.4 is 15.2 Å². The average Bonchev–Trinajstić information content (AvgIpc) is 3.03. The molecule has 1 heterocycles. The Labute approximate surface area is 272 Å². The van der Waals surface area contributed by atoms with Crippen LogP contribution in [0.1, 0.15) is 11.1 Å². The van der Waals surface area contributed by atoms with E-state index in [1.165, 1.54) is 4.31 Å². The van der Waals surface area contributed by atoms with Crippen molar-refractivity contribution in [1.82, 2.24) is 14.1 Å². The molecule has 10 nitrogen and oxygen atoms in total. The first-order valence-corrected chi connectivity index (χ1v) is 15.5. The summed E-state index contributed by atoms with van der Waals surface area (Å²) in [5.41, 5.74) is 7.43. The first-order valence-electron chi connectivity index (χ1n) is 14.0. The van der Waals surface area contributed by atoms with Crippen LogP contribution in [0.2, 0.25) is 0 Å². The van der Waals surface area contributed by atoms with Crippen molar-refractivity contribution in [1.29, 1.82) is 0 Å². The fourth-order valence-electron chi connectivity index (χ4n) is 4.81. The highest BCUT2D eigenvalue weighted by molar-refractivity contribution is 7.89. The molecule has 1 aliphatic heterocycles. The van der Waals surface area contributed by atoms with Crippen molar-refractivity contribution in [3.05, 3.63) is 90.0 Å². The number of nitrogens with two attached hydrogens (primary N) is 1. The molecule has 1 saturated heterocycles. The Kier molecular flexibility index (Phi) is 15.2. The SMILES string of the molecule is COc1ccc(CC(CN2CCN(C(=O)OCc3ccccc3)CC2)N(C)S(=O)(=O)c2ccc(OCCN)cc2)cc1.Cl.Cl. The summed E-state index contributed by atoms with van der Waals surface area (Å²) in [5.74, 6) is 1.31. The van der Waals surface area contributed by atoms with Crippen LogP contribution in [0, 0.1) is 0 Å². The highest BCUT2D eigenvalue weighted by atomic mass is 35.5. The largest absolute Gasteiger partial charge is 0.497 e. The van der Waals surface area contributed by atoms with Crippen molar-refractivity contribution in [2.75, 3.05) is 60.0 Å². The molecule has 0 aromatic heterocycles. The van der Waals surface area contributed by atoms with Crippen molar-refractivity contribution >= 4 is 40.9 Å². The van der Waals surface area contributed by atoms with Crippen molar-refractivity contribution in [3.63, 3.8) is 0 Å². The van der Waals surface area contributed by atoms with Crippen LogP contribution in [0.4, 0.5) is 4.79 Å². The molecular weight excluding hydrogens is 627 g/mol. The van der Waals surface area contributed by atoms with Gasteiger partial charge in [0.05, 0.1) is 12.0 Å². The Bertz CT molecular complexity index is 1370. The maximum absolute atomic E-state index is 13.7. The lowest BCUT2D eigenvalue weighted by molar-refractivity contribution is 0.0673. The van der Waals surface area contributed by atoms with Crippen LogP contribution in [0.3, 0.4) is 0 Å². The molecule has 44 heavy (non-hydrogen) atoms. The van der Waals surface area contributed by atoms with Gasteiger partial charge in [0.2, 0.25) is 10.0 Å². The van der Waals surface area contributed by atoms with Gasteiger partial charge in [-0.05, 0) is 53.9 Å². The van der Waals surface area contributed by atoms with Crippen LogP contribution in [0.25, 0.3) is 0 Å². The molecule has 2 N–H and O–H groups in total. The van der Waals surface area contributed by atoms with E-state index in [-0.39, 0.29) is 48.5 Å². The van der Waals surface area contributed by atoms with E-state index in [0.717, 1.165) is 16.9 Å². The number of likely N-dealkylation sites (N-methyl/N-ethyl adjacent to an activating group) is 1. The van der Waals surface area contributed by atoms with Crippen molar-refractivity contribution in [2.45, 2.75) is 24.0 Å². The van der Waals surface area contributed by atoms with Gasteiger partial charge in [-0.2, -0.15) is 4.31 Å². The molecule has 0 radical (unpaired) electrons. The molecule has 0 aliphatic carbocycles. The fraction of sp³-hybridized carbons (Fsp3) is 0.387. The highest BCUT2D eigenvalue weighted by Crippen LogP contribution is 2.23. The van der Waals surface area contributed by atoms with Crippen LogP contribution in [-0.2, 0) is 27.8 Å². The van der Waals surface area contributed by atoms with Crippen molar-refractivity contribution < 1.29 is 27.4 Å². The first kappa shape index (κ1) is 37.1. The molecule has 4 rings (SSSR count). The molecule has 13 heteroatoms. The second-order valence-electron chi connectivity index (χ2n) is 10.2. The number of halogens is 2. The Hall–Kier alpha value is -3.06. The van der Waals surface area contributed by atoms with Crippen molar-refractivity contribution in [2.24, 2.45) is 5.73 Å². The zero-order chi connectivity index (χ0) is 30.0. The van der Waals surface area contributed by atoms with E-state index in [9.17, 15) is 13.2 Å². The molecule has 242 valence electrons. The molecule has 1 aliphatic rings. The molecule has 1 atom stereocenters. The Morgan fingerprint density at radius 1 is 0.886 bits per heavy atom. The lowest BCUT2D eigenvalue weighted by Crippen LogP contribution is -2.53. The predicted octanol–water partition coefficient (Wildman–Crippen LogP) is 4.06. The summed E-state index contributed by atoms with van der Waals surface area (Å²) in [6.45, 7) is 3.69. The minimum Gasteiger partial charge on any atom is -0.497 e. The fourth-order valence-corrected chi connectivity index (χ4v) is 6.16. The molecule has 1 amide bonds. The normalized spacial score (nSPS) is 14.2. The number of hydrogen-bond acceptors (Lipinski definition) is 8. The van der Waals surface area contributed by atoms with Crippen LogP contribution in [0.5, 0.6) is 11.5 Å². The maximum atomic E-state index is 13.7. The van der Waals surface area contributed by atoms with Gasteiger partial charge in [-0.25, -0.2) is 13.2 Å². The Morgan fingerprint density at radius 2 is 1.50 bits per heavy atom. The van der Waals surface area contributed by atoms with Crippen LogP contribution in [0.15, 0.2) is 83.8 Å². The number of carbonyl (C=O) groups is 1. The lowest BCUT2D eigenvalue weighted by atomic mass is 10.0. The van der Waals surface area contributed by atoms with Gasteiger partial charge in [0.15, 0.2) is 0 Å². The summed E-state index contributed by atoms with van der Waals surface area (Å²) in [4.78, 5) is 16.7. The van der Waals surface area contributed by atoms with Gasteiger partial charge in [-0.3, -0.25) is 4.90 Å². The van der Waals surface area contributed by atoms with E-state index in [1.807, 2.05) is 54.6 Å². The summed E-state index contributed by atoms with van der Waals surface area (Å²) in [6.07, 6.45) is 0.170. The zero-order valence-electron chi connectivity index (χ0n) is 25.0. The predicted molar refractivity (Wildman–Crippen MR) is 176 cm³/mol. The average molecular weight is 670 g/mol. The van der Waals surface area contributed by atoms with E-state index in [2.05, 4.69) is 4.90 Å². The van der Waals surface area contributed by atoms with E-state index in [0.29, 0.717) is 58.0 Å². The van der Waals surface area contributed by atoms with Crippen LogP contribution >= 0.6 is 24.8 Å². The lowest BCUT2D eigenvalue weighted by Gasteiger charge is -2.38. The van der Waals surface area contributed by atoms with Gasteiger partial charge in [0, 0.05) is 52.4 Å². The van der Waals surface area contributed by atoms with Gasteiger partial charge in [-0.1, -0.05) is 42.5 Å². The Balaban J connectivity index is 0.00000337. The smallest absolute Gasteiger partial charge is 0.410 e. The number of rotatable bonds is 13. The summed E-state index contributed by atoms with van der Waals surface area (Å²) in [6, 6.07) is 23.3. The third kappa shape index (κ3) is 10.3. The summed E-state index contributed by atoms with van der Waals surface area (Å²) >= 11 is 0. The number of ether oxygens (including phenoxy) is 3. The van der Waals surface area contributed by atoms with E-state index >= 15 is 0 Å². The monoisotopic (exact) mass is 668 g/mol.